The number of carbonyl (C=O) groups is 2. The molecule has 4 nitrogen and oxygen atoms in total. The van der Waals surface area contributed by atoms with Crippen molar-refractivity contribution in [1.29, 1.82) is 0 Å². The molecule has 0 atom stereocenters. The maximum absolute atomic E-state index is 12.3. The minimum atomic E-state index is -0.00579. The van der Waals surface area contributed by atoms with Crippen LogP contribution in [-0.2, 0) is 11.3 Å². The molecule has 26 heavy (non-hydrogen) atoms. The maximum Gasteiger partial charge on any atom is 0.251 e. The first kappa shape index (κ1) is 20.6. The van der Waals surface area contributed by atoms with Crippen molar-refractivity contribution < 1.29 is 9.59 Å². The van der Waals surface area contributed by atoms with Crippen LogP contribution in [0.15, 0.2) is 24.3 Å². The van der Waals surface area contributed by atoms with Gasteiger partial charge in [0.15, 0.2) is 0 Å². The summed E-state index contributed by atoms with van der Waals surface area (Å²) in [7, 11) is 0. The van der Waals surface area contributed by atoms with Crippen molar-refractivity contribution in [3.05, 3.63) is 35.4 Å². The molecule has 0 radical (unpaired) electrons. The highest BCUT2D eigenvalue weighted by Crippen LogP contribution is 2.30. The van der Waals surface area contributed by atoms with E-state index in [4.69, 9.17) is 0 Å². The number of nitrogens with one attached hydrogen (secondary N) is 2. The first-order valence-corrected chi connectivity index (χ1v) is 10.0. The Morgan fingerprint density at radius 2 is 1.62 bits per heavy atom. The summed E-state index contributed by atoms with van der Waals surface area (Å²) in [4.78, 5) is 24.4. The van der Waals surface area contributed by atoms with E-state index in [0.29, 0.717) is 29.9 Å². The molecule has 2 rings (SSSR count). The van der Waals surface area contributed by atoms with Crippen LogP contribution in [0.1, 0.15) is 69.3 Å². The monoisotopic (exact) mass is 358 g/mol. The minimum Gasteiger partial charge on any atom is -0.352 e. The number of benzene rings is 1. The molecule has 1 aliphatic carbocycles. The van der Waals surface area contributed by atoms with Gasteiger partial charge in [-0.3, -0.25) is 9.59 Å². The van der Waals surface area contributed by atoms with Crippen LogP contribution < -0.4 is 10.6 Å². The highest BCUT2D eigenvalue weighted by Gasteiger charge is 2.27. The Balaban J connectivity index is 1.74. The molecule has 0 spiro atoms. The van der Waals surface area contributed by atoms with Crippen LogP contribution in [0.2, 0.25) is 0 Å². The van der Waals surface area contributed by atoms with E-state index in [1.807, 2.05) is 38.1 Å². The highest BCUT2D eigenvalue weighted by molar-refractivity contribution is 5.94. The molecule has 1 aliphatic rings. The number of ketones is 1. The SMILES string of the molecule is CC(C)NCc1ccc(C(=O)NCC2CCC(C(=O)C(C)C)CC2)cc1. The molecule has 1 fully saturated rings. The van der Waals surface area contributed by atoms with Gasteiger partial charge in [-0.05, 0) is 49.3 Å². The Bertz CT molecular complexity index is 585. The number of Topliss-reactive ketones (excluding diaryl/α,β-unsaturated/α-hetero) is 1. The normalized spacial score (nSPS) is 20.4. The zero-order valence-electron chi connectivity index (χ0n) is 16.7. The van der Waals surface area contributed by atoms with Crippen molar-refractivity contribution in [3.8, 4) is 0 Å². The van der Waals surface area contributed by atoms with Gasteiger partial charge in [-0.15, -0.1) is 0 Å². The molecule has 1 aromatic rings. The highest BCUT2D eigenvalue weighted by atomic mass is 16.1. The molecule has 0 saturated heterocycles. The lowest BCUT2D eigenvalue weighted by molar-refractivity contribution is -0.127. The molecular formula is C22H34N2O2. The Morgan fingerprint density at radius 1 is 1.00 bits per heavy atom. The van der Waals surface area contributed by atoms with Crippen LogP contribution in [0, 0.1) is 17.8 Å². The van der Waals surface area contributed by atoms with Crippen LogP contribution in [0.5, 0.6) is 0 Å². The van der Waals surface area contributed by atoms with E-state index in [1.54, 1.807) is 0 Å². The summed E-state index contributed by atoms with van der Waals surface area (Å²) < 4.78 is 0. The number of carbonyl (C=O) groups excluding carboxylic acids is 2. The predicted molar refractivity (Wildman–Crippen MR) is 106 cm³/mol. The quantitative estimate of drug-likeness (QED) is 0.740. The van der Waals surface area contributed by atoms with Gasteiger partial charge in [0, 0.05) is 36.5 Å². The summed E-state index contributed by atoms with van der Waals surface area (Å²) in [5, 5.41) is 6.44. The van der Waals surface area contributed by atoms with E-state index < -0.39 is 0 Å². The fourth-order valence-corrected chi connectivity index (χ4v) is 3.56. The Kier molecular flexibility index (Phi) is 7.83. The average Bonchev–Trinajstić information content (AvgIpc) is 2.64. The van der Waals surface area contributed by atoms with Crippen LogP contribution in [0.4, 0.5) is 0 Å². The van der Waals surface area contributed by atoms with Crippen molar-refractivity contribution >= 4 is 11.7 Å². The molecule has 1 saturated carbocycles. The van der Waals surface area contributed by atoms with E-state index in [1.165, 1.54) is 5.56 Å². The molecule has 4 heteroatoms. The van der Waals surface area contributed by atoms with Gasteiger partial charge < -0.3 is 10.6 Å². The van der Waals surface area contributed by atoms with Crippen molar-refractivity contribution in [2.45, 2.75) is 66.0 Å². The number of hydrogen-bond acceptors (Lipinski definition) is 3. The van der Waals surface area contributed by atoms with Gasteiger partial charge in [0.05, 0.1) is 0 Å². The Hall–Kier alpha value is -1.68. The van der Waals surface area contributed by atoms with Gasteiger partial charge in [-0.1, -0.05) is 39.8 Å². The Morgan fingerprint density at radius 3 is 2.15 bits per heavy atom. The smallest absolute Gasteiger partial charge is 0.251 e. The molecule has 2 N–H and O–H groups in total. The van der Waals surface area contributed by atoms with Crippen LogP contribution in [-0.4, -0.2) is 24.3 Å². The largest absolute Gasteiger partial charge is 0.352 e. The van der Waals surface area contributed by atoms with E-state index in [0.717, 1.165) is 32.2 Å². The second-order valence-corrected chi connectivity index (χ2v) is 8.22. The Labute approximate surface area is 158 Å². The molecule has 0 heterocycles. The first-order chi connectivity index (χ1) is 12.4. The summed E-state index contributed by atoms with van der Waals surface area (Å²) in [6, 6.07) is 8.25. The lowest BCUT2D eigenvalue weighted by Crippen LogP contribution is -2.33. The third kappa shape index (κ3) is 6.24. The van der Waals surface area contributed by atoms with Crippen LogP contribution >= 0.6 is 0 Å². The second-order valence-electron chi connectivity index (χ2n) is 8.22. The molecule has 0 unspecified atom stereocenters. The second kappa shape index (κ2) is 9.86. The van der Waals surface area contributed by atoms with Gasteiger partial charge in [0.1, 0.15) is 5.78 Å². The van der Waals surface area contributed by atoms with Crippen molar-refractivity contribution in [3.63, 3.8) is 0 Å². The van der Waals surface area contributed by atoms with E-state index in [-0.39, 0.29) is 17.7 Å². The van der Waals surface area contributed by atoms with Gasteiger partial charge in [0.2, 0.25) is 0 Å². The van der Waals surface area contributed by atoms with Crippen molar-refractivity contribution in [1.82, 2.24) is 10.6 Å². The maximum atomic E-state index is 12.3. The summed E-state index contributed by atoms with van der Waals surface area (Å²) >= 11 is 0. The van der Waals surface area contributed by atoms with E-state index in [2.05, 4.69) is 24.5 Å². The molecule has 144 valence electrons. The summed E-state index contributed by atoms with van der Waals surface area (Å²) in [6.45, 7) is 9.73. The lowest BCUT2D eigenvalue weighted by atomic mass is 9.78. The minimum absolute atomic E-state index is 0.00579. The van der Waals surface area contributed by atoms with Crippen LogP contribution in [0.3, 0.4) is 0 Å². The predicted octanol–water partition coefficient (Wildman–Crippen LogP) is 3.95. The van der Waals surface area contributed by atoms with Crippen LogP contribution in [0.25, 0.3) is 0 Å². The van der Waals surface area contributed by atoms with Gasteiger partial charge in [-0.2, -0.15) is 0 Å². The molecule has 1 amide bonds. The number of rotatable bonds is 8. The topological polar surface area (TPSA) is 58.2 Å². The molecule has 0 aromatic heterocycles. The van der Waals surface area contributed by atoms with Crippen molar-refractivity contribution in [2.24, 2.45) is 17.8 Å². The van der Waals surface area contributed by atoms with Crippen molar-refractivity contribution in [2.75, 3.05) is 6.54 Å². The summed E-state index contributed by atoms with van der Waals surface area (Å²) in [5.74, 6) is 1.25. The zero-order chi connectivity index (χ0) is 19.1. The summed E-state index contributed by atoms with van der Waals surface area (Å²) in [5.41, 5.74) is 1.89. The lowest BCUT2D eigenvalue weighted by Gasteiger charge is -2.28. The fraction of sp³-hybridized carbons (Fsp3) is 0.636. The first-order valence-electron chi connectivity index (χ1n) is 10.0. The van der Waals surface area contributed by atoms with E-state index in [9.17, 15) is 9.59 Å². The molecule has 0 bridgehead atoms. The van der Waals surface area contributed by atoms with Gasteiger partial charge in [-0.25, -0.2) is 0 Å². The number of amides is 1. The third-order valence-corrected chi connectivity index (χ3v) is 5.30. The molecule has 0 aliphatic heterocycles. The summed E-state index contributed by atoms with van der Waals surface area (Å²) in [6.07, 6.45) is 4.00. The zero-order valence-corrected chi connectivity index (χ0v) is 16.7. The van der Waals surface area contributed by atoms with Gasteiger partial charge in [0.25, 0.3) is 5.91 Å². The third-order valence-electron chi connectivity index (χ3n) is 5.30. The average molecular weight is 359 g/mol. The number of hydrogen-bond donors (Lipinski definition) is 2. The van der Waals surface area contributed by atoms with Gasteiger partial charge >= 0.3 is 0 Å². The van der Waals surface area contributed by atoms with E-state index >= 15 is 0 Å². The molecule has 1 aromatic carbocycles. The standard InChI is InChI=1S/C22H34N2O2/c1-15(2)21(25)19-9-5-18(6-10-19)14-24-22(26)20-11-7-17(8-12-20)13-23-16(3)4/h7-8,11-12,15-16,18-19,23H,5-6,9-10,13-14H2,1-4H3,(H,24,26). The fourth-order valence-electron chi connectivity index (χ4n) is 3.56. The molecular weight excluding hydrogens is 324 g/mol.